The Kier molecular flexibility index (Phi) is 6.18. The van der Waals surface area contributed by atoms with E-state index in [1.807, 2.05) is 7.05 Å². The molecular weight excluding hydrogens is 370 g/mol. The standard InChI is InChI=1S/C18H24ClN5O3/c1-21-6-8-22(9-7-21)16(25)12-23-10-11-24(13-17(23)26)18(27)20-15-4-2-14(19)3-5-15/h2-5H,6-13H2,1H3,(H,20,27). The van der Waals surface area contributed by atoms with E-state index >= 15 is 0 Å². The maximum atomic E-state index is 12.4. The van der Waals surface area contributed by atoms with Crippen LogP contribution in [0.25, 0.3) is 0 Å². The largest absolute Gasteiger partial charge is 0.339 e. The van der Waals surface area contributed by atoms with Crippen LogP contribution in [0.2, 0.25) is 5.02 Å². The van der Waals surface area contributed by atoms with Crippen molar-refractivity contribution in [2.75, 3.05) is 64.7 Å². The number of urea groups is 1. The fraction of sp³-hybridized carbons (Fsp3) is 0.500. The molecule has 3 rings (SSSR count). The first-order valence-corrected chi connectivity index (χ1v) is 9.36. The fourth-order valence-corrected chi connectivity index (χ4v) is 3.23. The molecule has 1 N–H and O–H groups in total. The van der Waals surface area contributed by atoms with E-state index < -0.39 is 0 Å². The Balaban J connectivity index is 1.48. The van der Waals surface area contributed by atoms with E-state index in [9.17, 15) is 14.4 Å². The lowest BCUT2D eigenvalue weighted by atomic mass is 10.2. The number of amides is 4. The van der Waals surface area contributed by atoms with Gasteiger partial charge in [0.25, 0.3) is 0 Å². The van der Waals surface area contributed by atoms with Crippen molar-refractivity contribution in [1.82, 2.24) is 19.6 Å². The number of benzene rings is 1. The Labute approximate surface area is 163 Å². The van der Waals surface area contributed by atoms with Gasteiger partial charge in [0.15, 0.2) is 0 Å². The van der Waals surface area contributed by atoms with Crippen molar-refractivity contribution in [2.24, 2.45) is 0 Å². The summed E-state index contributed by atoms with van der Waals surface area (Å²) in [5.74, 6) is -0.245. The number of hydrogen-bond acceptors (Lipinski definition) is 4. The van der Waals surface area contributed by atoms with E-state index in [0.717, 1.165) is 13.1 Å². The highest BCUT2D eigenvalue weighted by atomic mass is 35.5. The maximum Gasteiger partial charge on any atom is 0.322 e. The van der Waals surface area contributed by atoms with E-state index in [4.69, 9.17) is 11.6 Å². The lowest BCUT2D eigenvalue weighted by molar-refractivity contribution is -0.143. The number of nitrogens with zero attached hydrogens (tertiary/aromatic N) is 4. The van der Waals surface area contributed by atoms with Crippen LogP contribution in [-0.4, -0.2) is 96.9 Å². The minimum absolute atomic E-state index is 0.0319. The molecule has 2 aliphatic rings. The van der Waals surface area contributed by atoms with Gasteiger partial charge in [0.2, 0.25) is 11.8 Å². The van der Waals surface area contributed by atoms with Crippen LogP contribution in [0, 0.1) is 0 Å². The highest BCUT2D eigenvalue weighted by molar-refractivity contribution is 6.30. The predicted octanol–water partition coefficient (Wildman–Crippen LogP) is 0.790. The number of hydrogen-bond donors (Lipinski definition) is 1. The molecule has 2 heterocycles. The molecule has 4 amide bonds. The first kappa shape index (κ1) is 19.4. The summed E-state index contributed by atoms with van der Waals surface area (Å²) >= 11 is 5.83. The second kappa shape index (κ2) is 8.58. The molecule has 0 aromatic heterocycles. The quantitative estimate of drug-likeness (QED) is 0.823. The van der Waals surface area contributed by atoms with E-state index in [0.29, 0.717) is 36.9 Å². The van der Waals surface area contributed by atoms with Crippen LogP contribution in [0.4, 0.5) is 10.5 Å². The summed E-state index contributed by atoms with van der Waals surface area (Å²) in [5.41, 5.74) is 0.615. The number of nitrogens with one attached hydrogen (secondary N) is 1. The maximum absolute atomic E-state index is 12.4. The number of carbonyl (C=O) groups is 3. The average molecular weight is 394 g/mol. The third-order valence-electron chi connectivity index (χ3n) is 4.88. The minimum atomic E-state index is -0.337. The molecular formula is C18H24ClN5O3. The van der Waals surface area contributed by atoms with Crippen molar-refractivity contribution in [1.29, 1.82) is 0 Å². The van der Waals surface area contributed by atoms with Gasteiger partial charge in [-0.15, -0.1) is 0 Å². The minimum Gasteiger partial charge on any atom is -0.339 e. The van der Waals surface area contributed by atoms with Crippen molar-refractivity contribution in [3.8, 4) is 0 Å². The van der Waals surface area contributed by atoms with Gasteiger partial charge in [-0.2, -0.15) is 0 Å². The molecule has 9 heteroatoms. The number of piperazine rings is 2. The van der Waals surface area contributed by atoms with Gasteiger partial charge in [-0.05, 0) is 31.3 Å². The molecule has 2 aliphatic heterocycles. The van der Waals surface area contributed by atoms with E-state index in [2.05, 4.69) is 10.2 Å². The summed E-state index contributed by atoms with van der Waals surface area (Å²) in [4.78, 5) is 44.1. The lowest BCUT2D eigenvalue weighted by Gasteiger charge is -2.37. The molecule has 8 nitrogen and oxygen atoms in total. The van der Waals surface area contributed by atoms with E-state index in [-0.39, 0.29) is 30.9 Å². The molecule has 0 radical (unpaired) electrons. The van der Waals surface area contributed by atoms with E-state index in [1.54, 1.807) is 29.2 Å². The summed E-state index contributed by atoms with van der Waals surface area (Å²) in [6.07, 6.45) is 0. The number of anilines is 1. The average Bonchev–Trinajstić information content (AvgIpc) is 2.65. The third kappa shape index (κ3) is 5.11. The third-order valence-corrected chi connectivity index (χ3v) is 5.14. The van der Waals surface area contributed by atoms with Gasteiger partial charge >= 0.3 is 6.03 Å². The zero-order chi connectivity index (χ0) is 19.4. The second-order valence-electron chi connectivity index (χ2n) is 6.86. The molecule has 1 aromatic carbocycles. The highest BCUT2D eigenvalue weighted by Gasteiger charge is 2.30. The van der Waals surface area contributed by atoms with Crippen LogP contribution >= 0.6 is 11.6 Å². The summed E-state index contributed by atoms with van der Waals surface area (Å²) in [5, 5.41) is 3.33. The summed E-state index contributed by atoms with van der Waals surface area (Å²) < 4.78 is 0. The number of halogens is 1. The molecule has 2 saturated heterocycles. The molecule has 0 unspecified atom stereocenters. The normalized spacial score (nSPS) is 18.6. The molecule has 2 fully saturated rings. The second-order valence-corrected chi connectivity index (χ2v) is 7.29. The topological polar surface area (TPSA) is 76.2 Å². The van der Waals surface area contributed by atoms with Gasteiger partial charge in [-0.25, -0.2) is 4.79 Å². The molecule has 0 aliphatic carbocycles. The van der Waals surface area contributed by atoms with Crippen molar-refractivity contribution < 1.29 is 14.4 Å². The molecule has 146 valence electrons. The highest BCUT2D eigenvalue weighted by Crippen LogP contribution is 2.14. The lowest BCUT2D eigenvalue weighted by Crippen LogP contribution is -2.56. The van der Waals surface area contributed by atoms with Gasteiger partial charge in [0, 0.05) is 50.0 Å². The SMILES string of the molecule is CN1CCN(C(=O)CN2CCN(C(=O)Nc3ccc(Cl)cc3)CC2=O)CC1. The zero-order valence-electron chi connectivity index (χ0n) is 15.4. The number of carbonyl (C=O) groups excluding carboxylic acids is 3. The van der Waals surface area contributed by atoms with Gasteiger partial charge in [0.1, 0.15) is 6.54 Å². The Morgan fingerprint density at radius 2 is 1.63 bits per heavy atom. The summed E-state index contributed by atoms with van der Waals surface area (Å²) in [7, 11) is 2.03. The molecule has 0 saturated carbocycles. The van der Waals surface area contributed by atoms with Crippen LogP contribution in [0.1, 0.15) is 0 Å². The molecule has 0 spiro atoms. The van der Waals surface area contributed by atoms with Crippen LogP contribution in [0.3, 0.4) is 0 Å². The van der Waals surface area contributed by atoms with Crippen LogP contribution in [-0.2, 0) is 9.59 Å². The number of rotatable bonds is 3. The fourth-order valence-electron chi connectivity index (χ4n) is 3.10. The molecule has 0 atom stereocenters. The van der Waals surface area contributed by atoms with Gasteiger partial charge < -0.3 is 24.9 Å². The van der Waals surface area contributed by atoms with Crippen molar-refractivity contribution in [2.45, 2.75) is 0 Å². The first-order valence-electron chi connectivity index (χ1n) is 8.98. The zero-order valence-corrected chi connectivity index (χ0v) is 16.1. The van der Waals surface area contributed by atoms with Gasteiger partial charge in [0.05, 0.1) is 6.54 Å². The van der Waals surface area contributed by atoms with Crippen molar-refractivity contribution in [3.63, 3.8) is 0 Å². The summed E-state index contributed by atoms with van der Waals surface area (Å²) in [6.45, 7) is 3.86. The van der Waals surface area contributed by atoms with Crippen molar-refractivity contribution in [3.05, 3.63) is 29.3 Å². The van der Waals surface area contributed by atoms with Crippen LogP contribution in [0.5, 0.6) is 0 Å². The van der Waals surface area contributed by atoms with E-state index in [1.165, 1.54) is 9.80 Å². The molecule has 27 heavy (non-hydrogen) atoms. The Morgan fingerprint density at radius 1 is 1.00 bits per heavy atom. The molecule has 1 aromatic rings. The van der Waals surface area contributed by atoms with Gasteiger partial charge in [-0.3, -0.25) is 9.59 Å². The molecule has 0 bridgehead atoms. The monoisotopic (exact) mass is 393 g/mol. The Morgan fingerprint density at radius 3 is 2.26 bits per heavy atom. The smallest absolute Gasteiger partial charge is 0.322 e. The Bertz CT molecular complexity index is 703. The predicted molar refractivity (Wildman–Crippen MR) is 103 cm³/mol. The first-order chi connectivity index (χ1) is 12.9. The van der Waals surface area contributed by atoms with Crippen LogP contribution < -0.4 is 5.32 Å². The van der Waals surface area contributed by atoms with Gasteiger partial charge in [-0.1, -0.05) is 11.6 Å². The van der Waals surface area contributed by atoms with Crippen molar-refractivity contribution >= 4 is 35.1 Å². The number of likely N-dealkylation sites (N-methyl/N-ethyl adjacent to an activating group) is 1. The Hall–Kier alpha value is -2.32. The van der Waals surface area contributed by atoms with Crippen LogP contribution in [0.15, 0.2) is 24.3 Å². The summed E-state index contributed by atoms with van der Waals surface area (Å²) in [6, 6.07) is 6.44.